The van der Waals surface area contributed by atoms with Gasteiger partial charge in [-0.3, -0.25) is 4.79 Å². The van der Waals surface area contributed by atoms with Crippen LogP contribution in [0.1, 0.15) is 21.5 Å². The maximum Gasteiger partial charge on any atom is 0.167 e. The van der Waals surface area contributed by atoms with Gasteiger partial charge in [0.05, 0.1) is 0 Å². The molecule has 116 valence electrons. The van der Waals surface area contributed by atoms with Crippen LogP contribution in [0.15, 0.2) is 48.5 Å². The van der Waals surface area contributed by atoms with Gasteiger partial charge in [0, 0.05) is 18.0 Å². The largest absolute Gasteiger partial charge is 0.508 e. The minimum Gasteiger partial charge on any atom is -0.508 e. The van der Waals surface area contributed by atoms with E-state index in [9.17, 15) is 9.90 Å². The summed E-state index contributed by atoms with van der Waals surface area (Å²) in [6.07, 6.45) is 0.703. The third-order valence-corrected chi connectivity index (χ3v) is 3.65. The summed E-state index contributed by atoms with van der Waals surface area (Å²) < 4.78 is 0. The number of carbonyl (C=O) groups excluding carboxylic acids is 1. The number of phenolic OH excluding ortho intramolecular Hbond substituents is 1. The second-order valence-electron chi connectivity index (χ2n) is 6.07. The number of hydrogen-bond donors (Lipinski definition) is 1. The van der Waals surface area contributed by atoms with Gasteiger partial charge in [0.25, 0.3) is 0 Å². The van der Waals surface area contributed by atoms with Crippen LogP contribution in [0.5, 0.6) is 5.75 Å². The fourth-order valence-electron chi connectivity index (χ4n) is 2.70. The number of aryl methyl sites for hydroxylation is 1. The summed E-state index contributed by atoms with van der Waals surface area (Å²) in [5.41, 5.74) is 2.94. The molecule has 0 aliphatic rings. The molecule has 3 heteroatoms. The maximum atomic E-state index is 12.8. The van der Waals surface area contributed by atoms with E-state index in [0.717, 1.165) is 0 Å². The zero-order valence-electron chi connectivity index (χ0n) is 13.4. The summed E-state index contributed by atoms with van der Waals surface area (Å²) in [6.45, 7) is 2.74. The standard InChI is InChI=1S/C19H23NO2/c1-14-6-4-7-15(10-14)11-17(13-20(2)3)19(22)16-8-5-9-18(21)12-16/h4-10,12,17,21H,11,13H2,1-3H3. The van der Waals surface area contributed by atoms with Gasteiger partial charge < -0.3 is 10.0 Å². The highest BCUT2D eigenvalue weighted by Crippen LogP contribution is 2.19. The van der Waals surface area contributed by atoms with Crippen LogP contribution in [-0.2, 0) is 6.42 Å². The van der Waals surface area contributed by atoms with E-state index in [-0.39, 0.29) is 17.5 Å². The molecule has 2 aromatic rings. The van der Waals surface area contributed by atoms with Crippen molar-refractivity contribution < 1.29 is 9.90 Å². The normalized spacial score (nSPS) is 12.4. The minimum atomic E-state index is -0.126. The van der Waals surface area contributed by atoms with Gasteiger partial charge in [-0.25, -0.2) is 0 Å². The van der Waals surface area contributed by atoms with Crippen molar-refractivity contribution in [2.75, 3.05) is 20.6 Å². The van der Waals surface area contributed by atoms with Crippen molar-refractivity contribution in [3.05, 3.63) is 65.2 Å². The highest BCUT2D eigenvalue weighted by molar-refractivity contribution is 5.98. The molecule has 22 heavy (non-hydrogen) atoms. The molecule has 0 aromatic heterocycles. The molecule has 0 heterocycles. The molecule has 3 nitrogen and oxygen atoms in total. The summed E-state index contributed by atoms with van der Waals surface area (Å²) in [5, 5.41) is 9.59. The van der Waals surface area contributed by atoms with Crippen LogP contribution in [0.3, 0.4) is 0 Å². The lowest BCUT2D eigenvalue weighted by Gasteiger charge is -2.20. The molecule has 2 aromatic carbocycles. The van der Waals surface area contributed by atoms with Crippen molar-refractivity contribution in [2.24, 2.45) is 5.92 Å². The molecule has 0 aliphatic heterocycles. The molecule has 1 unspecified atom stereocenters. The van der Waals surface area contributed by atoms with Crippen molar-refractivity contribution in [3.63, 3.8) is 0 Å². The monoisotopic (exact) mass is 297 g/mol. The van der Waals surface area contributed by atoms with Gasteiger partial charge >= 0.3 is 0 Å². The molecular weight excluding hydrogens is 274 g/mol. The number of phenols is 1. The van der Waals surface area contributed by atoms with Crippen LogP contribution >= 0.6 is 0 Å². The number of hydrogen-bond acceptors (Lipinski definition) is 3. The van der Waals surface area contributed by atoms with Gasteiger partial charge in [0.1, 0.15) is 5.75 Å². The van der Waals surface area contributed by atoms with E-state index in [2.05, 4.69) is 25.1 Å². The highest BCUT2D eigenvalue weighted by Gasteiger charge is 2.21. The van der Waals surface area contributed by atoms with Crippen LogP contribution in [0.2, 0.25) is 0 Å². The molecule has 0 saturated heterocycles. The fraction of sp³-hybridized carbons (Fsp3) is 0.316. The summed E-state index contributed by atoms with van der Waals surface area (Å²) in [5.74, 6) is 0.0784. The lowest BCUT2D eigenvalue weighted by atomic mass is 9.90. The van der Waals surface area contributed by atoms with Crippen LogP contribution in [0.4, 0.5) is 0 Å². The molecule has 0 bridgehead atoms. The Kier molecular flexibility index (Phi) is 5.34. The number of nitrogens with zero attached hydrogens (tertiary/aromatic N) is 1. The average molecular weight is 297 g/mol. The van der Waals surface area contributed by atoms with Crippen molar-refractivity contribution >= 4 is 5.78 Å². The van der Waals surface area contributed by atoms with Crippen molar-refractivity contribution in [2.45, 2.75) is 13.3 Å². The van der Waals surface area contributed by atoms with Crippen molar-refractivity contribution in [3.8, 4) is 5.75 Å². The second-order valence-corrected chi connectivity index (χ2v) is 6.07. The summed E-state index contributed by atoms with van der Waals surface area (Å²) in [6, 6.07) is 14.9. The van der Waals surface area contributed by atoms with E-state index >= 15 is 0 Å². The molecular formula is C19H23NO2. The molecule has 0 amide bonds. The predicted molar refractivity (Wildman–Crippen MR) is 89.4 cm³/mol. The zero-order valence-corrected chi connectivity index (χ0v) is 13.4. The third-order valence-electron chi connectivity index (χ3n) is 3.65. The number of Topliss-reactive ketones (excluding diaryl/α,β-unsaturated/α-hetero) is 1. The van der Waals surface area contributed by atoms with Gasteiger partial charge in [-0.15, -0.1) is 0 Å². The first-order valence-corrected chi connectivity index (χ1v) is 7.49. The highest BCUT2D eigenvalue weighted by atomic mass is 16.3. The molecule has 1 atom stereocenters. The van der Waals surface area contributed by atoms with Crippen LogP contribution < -0.4 is 0 Å². The van der Waals surface area contributed by atoms with E-state index < -0.39 is 0 Å². The first-order valence-electron chi connectivity index (χ1n) is 7.49. The Morgan fingerprint density at radius 2 is 1.86 bits per heavy atom. The predicted octanol–water partition coefficient (Wildman–Crippen LogP) is 3.30. The number of aromatic hydroxyl groups is 1. The quantitative estimate of drug-likeness (QED) is 0.832. The van der Waals surface area contributed by atoms with Gasteiger partial charge in [0.2, 0.25) is 0 Å². The molecule has 2 rings (SSSR count). The third kappa shape index (κ3) is 4.43. The zero-order chi connectivity index (χ0) is 16.1. The van der Waals surface area contributed by atoms with E-state index in [0.29, 0.717) is 18.5 Å². The Morgan fingerprint density at radius 3 is 2.50 bits per heavy atom. The molecule has 0 fully saturated rings. The Hall–Kier alpha value is -2.13. The van der Waals surface area contributed by atoms with Gasteiger partial charge in [-0.1, -0.05) is 42.0 Å². The SMILES string of the molecule is Cc1cccc(CC(CN(C)C)C(=O)c2cccc(O)c2)c1. The number of ketones is 1. The number of benzene rings is 2. The van der Waals surface area contributed by atoms with Crippen LogP contribution in [0, 0.1) is 12.8 Å². The van der Waals surface area contributed by atoms with E-state index in [1.807, 2.05) is 25.1 Å². The Balaban J connectivity index is 2.23. The topological polar surface area (TPSA) is 40.5 Å². The molecule has 0 aliphatic carbocycles. The fourth-order valence-corrected chi connectivity index (χ4v) is 2.70. The van der Waals surface area contributed by atoms with Gasteiger partial charge in [-0.2, -0.15) is 0 Å². The minimum absolute atomic E-state index is 0.0751. The maximum absolute atomic E-state index is 12.8. The average Bonchev–Trinajstić information content (AvgIpc) is 2.45. The van der Waals surface area contributed by atoms with E-state index in [4.69, 9.17) is 0 Å². The molecule has 0 spiro atoms. The molecule has 0 saturated carbocycles. The summed E-state index contributed by atoms with van der Waals surface area (Å²) >= 11 is 0. The molecule has 0 radical (unpaired) electrons. The lowest BCUT2D eigenvalue weighted by Crippen LogP contribution is -2.29. The summed E-state index contributed by atoms with van der Waals surface area (Å²) in [7, 11) is 3.94. The molecule has 1 N–H and O–H groups in total. The lowest BCUT2D eigenvalue weighted by molar-refractivity contribution is 0.0896. The van der Waals surface area contributed by atoms with Gasteiger partial charge in [0.15, 0.2) is 5.78 Å². The van der Waals surface area contributed by atoms with Crippen molar-refractivity contribution in [1.29, 1.82) is 0 Å². The summed E-state index contributed by atoms with van der Waals surface area (Å²) in [4.78, 5) is 14.8. The first-order chi connectivity index (χ1) is 10.5. The Bertz CT molecular complexity index is 649. The second kappa shape index (κ2) is 7.23. The number of carbonyl (C=O) groups is 1. The number of rotatable bonds is 6. The smallest absolute Gasteiger partial charge is 0.167 e. The van der Waals surface area contributed by atoms with E-state index in [1.165, 1.54) is 11.1 Å². The van der Waals surface area contributed by atoms with Crippen molar-refractivity contribution in [1.82, 2.24) is 4.90 Å². The Morgan fingerprint density at radius 1 is 1.14 bits per heavy atom. The first kappa shape index (κ1) is 16.2. The Labute approximate surface area is 132 Å². The van der Waals surface area contributed by atoms with Crippen LogP contribution in [0.25, 0.3) is 0 Å². The van der Waals surface area contributed by atoms with Crippen LogP contribution in [-0.4, -0.2) is 36.4 Å². The van der Waals surface area contributed by atoms with Gasteiger partial charge in [-0.05, 0) is 45.1 Å². The van der Waals surface area contributed by atoms with E-state index in [1.54, 1.807) is 24.3 Å².